The van der Waals surface area contributed by atoms with E-state index in [2.05, 4.69) is 6.92 Å². The Morgan fingerprint density at radius 3 is 2.45 bits per heavy atom. The minimum Gasteiger partial charge on any atom is -0.207 e. The molecular weight excluding hydrogens is 294 g/mol. The molecule has 0 N–H and O–H groups in total. The van der Waals surface area contributed by atoms with Gasteiger partial charge in [0, 0.05) is 19.5 Å². The smallest absolute Gasteiger partial charge is 0.207 e. The van der Waals surface area contributed by atoms with Crippen molar-refractivity contribution in [2.24, 2.45) is 11.8 Å². The lowest BCUT2D eigenvalue weighted by Crippen LogP contribution is -2.30. The maximum atomic E-state index is 12.7. The summed E-state index contributed by atoms with van der Waals surface area (Å²) < 4.78 is 26.9. The van der Waals surface area contributed by atoms with Crippen LogP contribution in [0.4, 0.5) is 0 Å². The minimum atomic E-state index is -3.43. The van der Waals surface area contributed by atoms with Crippen LogP contribution >= 0.6 is 11.6 Å². The van der Waals surface area contributed by atoms with E-state index < -0.39 is 10.0 Å². The zero-order chi connectivity index (χ0) is 15.1. The van der Waals surface area contributed by atoms with Gasteiger partial charge in [0.2, 0.25) is 10.0 Å². The van der Waals surface area contributed by atoms with Gasteiger partial charge in [0.15, 0.2) is 0 Å². The number of sulfonamides is 1. The second-order valence-corrected chi connectivity index (χ2v) is 8.21. The van der Waals surface area contributed by atoms with Crippen molar-refractivity contribution in [3.63, 3.8) is 0 Å². The van der Waals surface area contributed by atoms with E-state index in [1.165, 1.54) is 4.31 Å². The predicted molar refractivity (Wildman–Crippen MR) is 82.6 cm³/mol. The summed E-state index contributed by atoms with van der Waals surface area (Å²) in [5.41, 5.74) is 2.63. The first-order chi connectivity index (χ1) is 9.27. The molecular formula is C15H22ClNO2S. The van der Waals surface area contributed by atoms with Gasteiger partial charge in [-0.1, -0.05) is 13.0 Å². The molecule has 0 radical (unpaired) electrons. The lowest BCUT2D eigenvalue weighted by molar-refractivity contribution is 0.444. The zero-order valence-corrected chi connectivity index (χ0v) is 14.1. The van der Waals surface area contributed by atoms with Crippen LogP contribution in [0.15, 0.2) is 17.0 Å². The highest BCUT2D eigenvalue weighted by molar-refractivity contribution is 7.89. The average Bonchev–Trinajstić information content (AvgIpc) is 3.07. The van der Waals surface area contributed by atoms with Crippen LogP contribution in [0.3, 0.4) is 0 Å². The van der Waals surface area contributed by atoms with Gasteiger partial charge in [0.1, 0.15) is 0 Å². The van der Waals surface area contributed by atoms with Crippen molar-refractivity contribution in [2.75, 3.05) is 13.6 Å². The lowest BCUT2D eigenvalue weighted by Gasteiger charge is -2.20. The van der Waals surface area contributed by atoms with Gasteiger partial charge in [-0.2, -0.15) is 0 Å². The predicted octanol–water partition coefficient (Wildman–Crippen LogP) is 3.32. The highest BCUT2D eigenvalue weighted by atomic mass is 35.5. The molecule has 1 aliphatic rings. The molecule has 112 valence electrons. The van der Waals surface area contributed by atoms with Gasteiger partial charge in [-0.15, -0.1) is 11.6 Å². The first-order valence-corrected chi connectivity index (χ1v) is 8.87. The van der Waals surface area contributed by atoms with Gasteiger partial charge in [-0.25, -0.2) is 12.7 Å². The second kappa shape index (κ2) is 5.66. The maximum absolute atomic E-state index is 12.7. The molecule has 2 atom stereocenters. The Kier molecular flexibility index (Phi) is 4.47. The molecule has 1 fully saturated rings. The first kappa shape index (κ1) is 15.8. The summed E-state index contributed by atoms with van der Waals surface area (Å²) in [6.07, 6.45) is 1.12. The normalized spacial score (nSPS) is 22.3. The molecule has 20 heavy (non-hydrogen) atoms. The van der Waals surface area contributed by atoms with Gasteiger partial charge >= 0.3 is 0 Å². The highest BCUT2D eigenvalue weighted by Gasteiger charge is 2.36. The molecule has 0 spiro atoms. The van der Waals surface area contributed by atoms with Gasteiger partial charge in [0.05, 0.1) is 4.90 Å². The van der Waals surface area contributed by atoms with Crippen molar-refractivity contribution in [1.29, 1.82) is 0 Å². The fraction of sp³-hybridized carbons (Fsp3) is 0.600. The number of halogens is 1. The fourth-order valence-electron chi connectivity index (χ4n) is 2.49. The van der Waals surface area contributed by atoms with Gasteiger partial charge < -0.3 is 0 Å². The number of rotatable bonds is 5. The average molecular weight is 316 g/mol. The van der Waals surface area contributed by atoms with Crippen molar-refractivity contribution in [1.82, 2.24) is 4.31 Å². The summed E-state index contributed by atoms with van der Waals surface area (Å²) >= 11 is 5.86. The summed E-state index contributed by atoms with van der Waals surface area (Å²) in [6.45, 7) is 6.54. The van der Waals surface area contributed by atoms with E-state index in [1.54, 1.807) is 13.1 Å². The molecule has 1 aromatic rings. The molecule has 0 aromatic heterocycles. The lowest BCUT2D eigenvalue weighted by atomic mass is 10.1. The van der Waals surface area contributed by atoms with Crippen molar-refractivity contribution < 1.29 is 8.42 Å². The second-order valence-electron chi connectivity index (χ2n) is 5.93. The zero-order valence-electron chi connectivity index (χ0n) is 12.5. The van der Waals surface area contributed by atoms with Crippen LogP contribution in [0.5, 0.6) is 0 Å². The monoisotopic (exact) mass is 315 g/mol. The summed E-state index contributed by atoms with van der Waals surface area (Å²) in [4.78, 5) is 0.393. The van der Waals surface area contributed by atoms with Gasteiger partial charge in [0.25, 0.3) is 0 Å². The Labute approximate surface area is 127 Å². The van der Waals surface area contributed by atoms with E-state index >= 15 is 0 Å². The quantitative estimate of drug-likeness (QED) is 0.782. The van der Waals surface area contributed by atoms with E-state index in [0.717, 1.165) is 23.1 Å². The molecule has 2 unspecified atom stereocenters. The van der Waals surface area contributed by atoms with Crippen molar-refractivity contribution in [2.45, 2.75) is 38.0 Å². The third-order valence-corrected chi connectivity index (χ3v) is 6.55. The highest BCUT2D eigenvalue weighted by Crippen LogP contribution is 2.39. The largest absolute Gasteiger partial charge is 0.243 e. The summed E-state index contributed by atoms with van der Waals surface area (Å²) in [5, 5.41) is 0. The van der Waals surface area contributed by atoms with Crippen LogP contribution in [0.1, 0.15) is 30.0 Å². The number of benzene rings is 1. The maximum Gasteiger partial charge on any atom is 0.243 e. The SMILES string of the molecule is Cc1cc(CCl)cc(S(=O)(=O)N(C)CC2CC2C)c1C. The number of aryl methyl sites for hydroxylation is 1. The molecule has 5 heteroatoms. The standard InChI is InChI=1S/C15H22ClNO2S/c1-10-5-13(8-16)7-15(12(10)3)20(18,19)17(4)9-14-6-11(14)2/h5,7,11,14H,6,8-9H2,1-4H3. The molecule has 0 heterocycles. The molecule has 1 saturated carbocycles. The third-order valence-electron chi connectivity index (χ3n) is 4.29. The third kappa shape index (κ3) is 3.02. The summed E-state index contributed by atoms with van der Waals surface area (Å²) in [5.74, 6) is 1.48. The van der Waals surface area contributed by atoms with Gasteiger partial charge in [-0.3, -0.25) is 0 Å². The van der Waals surface area contributed by atoms with Crippen molar-refractivity contribution in [3.05, 3.63) is 28.8 Å². The van der Waals surface area contributed by atoms with Crippen LogP contribution < -0.4 is 0 Å². The first-order valence-electron chi connectivity index (χ1n) is 6.89. The van der Waals surface area contributed by atoms with E-state index in [1.807, 2.05) is 19.9 Å². The van der Waals surface area contributed by atoms with Crippen molar-refractivity contribution in [3.8, 4) is 0 Å². The molecule has 2 rings (SSSR count). The van der Waals surface area contributed by atoms with E-state index in [9.17, 15) is 8.42 Å². The number of nitrogens with zero attached hydrogens (tertiary/aromatic N) is 1. The Morgan fingerprint density at radius 2 is 1.95 bits per heavy atom. The van der Waals surface area contributed by atoms with Crippen LogP contribution in [0.25, 0.3) is 0 Å². The van der Waals surface area contributed by atoms with E-state index in [-0.39, 0.29) is 0 Å². The molecule has 0 amide bonds. The topological polar surface area (TPSA) is 37.4 Å². The Hall–Kier alpha value is -0.580. The van der Waals surface area contributed by atoms with Crippen LogP contribution in [0.2, 0.25) is 0 Å². The Bertz CT molecular complexity index is 613. The Morgan fingerprint density at radius 1 is 1.35 bits per heavy atom. The number of hydrogen-bond acceptors (Lipinski definition) is 2. The number of alkyl halides is 1. The van der Waals surface area contributed by atoms with E-state index in [0.29, 0.717) is 29.2 Å². The summed E-state index contributed by atoms with van der Waals surface area (Å²) in [7, 11) is -1.76. The fourth-order valence-corrected chi connectivity index (χ4v) is 4.22. The molecule has 3 nitrogen and oxygen atoms in total. The molecule has 0 saturated heterocycles. The van der Waals surface area contributed by atoms with Crippen LogP contribution in [-0.2, 0) is 15.9 Å². The molecule has 1 aliphatic carbocycles. The summed E-state index contributed by atoms with van der Waals surface area (Å²) in [6, 6.07) is 3.65. The molecule has 0 bridgehead atoms. The minimum absolute atomic E-state index is 0.326. The van der Waals surface area contributed by atoms with Crippen molar-refractivity contribution >= 4 is 21.6 Å². The molecule has 0 aliphatic heterocycles. The van der Waals surface area contributed by atoms with Crippen LogP contribution in [0, 0.1) is 25.7 Å². The Balaban J connectivity index is 2.35. The van der Waals surface area contributed by atoms with Gasteiger partial charge in [-0.05, 0) is 54.9 Å². The molecule has 1 aromatic carbocycles. The van der Waals surface area contributed by atoms with E-state index in [4.69, 9.17) is 11.6 Å². The number of hydrogen-bond donors (Lipinski definition) is 0. The van der Waals surface area contributed by atoms with Crippen LogP contribution in [-0.4, -0.2) is 26.3 Å².